The average molecular weight is 248 g/mol. The largest absolute Gasteiger partial charge is 0.395 e. The number of rotatable bonds is 4. The summed E-state index contributed by atoms with van der Waals surface area (Å²) >= 11 is 0. The summed E-state index contributed by atoms with van der Waals surface area (Å²) in [6.45, 7) is 5.00. The first kappa shape index (κ1) is 12.9. The van der Waals surface area contributed by atoms with Gasteiger partial charge in [-0.05, 0) is 25.5 Å². The van der Waals surface area contributed by atoms with Crippen molar-refractivity contribution in [3.63, 3.8) is 0 Å². The zero-order valence-electron chi connectivity index (χ0n) is 10.9. The third-order valence-electron chi connectivity index (χ3n) is 3.38. The Hall–Kier alpha value is -1.55. The molecule has 2 rings (SSSR count). The number of aliphatic hydroxyl groups is 1. The molecule has 1 amide bonds. The van der Waals surface area contributed by atoms with E-state index in [9.17, 15) is 4.79 Å². The summed E-state index contributed by atoms with van der Waals surface area (Å²) < 4.78 is 0. The molecule has 0 saturated carbocycles. The van der Waals surface area contributed by atoms with Gasteiger partial charge in [0.15, 0.2) is 0 Å². The normalized spacial score (nSPS) is 17.4. The maximum absolute atomic E-state index is 12.5. The molecule has 1 aliphatic rings. The molecule has 1 aliphatic heterocycles. The SMILES string of the molecule is CC(C)N(CCO)C(=O)C1CNc2ccccc21. The number of nitrogens with zero attached hydrogens (tertiary/aromatic N) is 1. The molecule has 0 radical (unpaired) electrons. The third-order valence-corrected chi connectivity index (χ3v) is 3.38. The van der Waals surface area contributed by atoms with Crippen molar-refractivity contribution >= 4 is 11.6 Å². The lowest BCUT2D eigenvalue weighted by Gasteiger charge is -2.28. The first-order valence-electron chi connectivity index (χ1n) is 6.39. The second-order valence-electron chi connectivity index (χ2n) is 4.87. The highest BCUT2D eigenvalue weighted by Gasteiger charge is 2.32. The van der Waals surface area contributed by atoms with Crippen LogP contribution in [0.2, 0.25) is 0 Å². The molecule has 1 unspecified atom stereocenters. The van der Waals surface area contributed by atoms with Gasteiger partial charge in [-0.2, -0.15) is 0 Å². The van der Waals surface area contributed by atoms with Gasteiger partial charge in [0.25, 0.3) is 0 Å². The number of anilines is 1. The molecule has 0 fully saturated rings. The van der Waals surface area contributed by atoms with Crippen molar-refractivity contribution in [2.75, 3.05) is 25.0 Å². The molecule has 4 heteroatoms. The quantitative estimate of drug-likeness (QED) is 0.847. The Morgan fingerprint density at radius 1 is 1.50 bits per heavy atom. The number of hydrogen-bond donors (Lipinski definition) is 2. The molecule has 4 nitrogen and oxygen atoms in total. The summed E-state index contributed by atoms with van der Waals surface area (Å²) in [6, 6.07) is 8.02. The van der Waals surface area contributed by atoms with E-state index < -0.39 is 0 Å². The first-order chi connectivity index (χ1) is 8.65. The number of benzene rings is 1. The summed E-state index contributed by atoms with van der Waals surface area (Å²) in [5.74, 6) is -0.0355. The summed E-state index contributed by atoms with van der Waals surface area (Å²) in [5, 5.41) is 12.3. The molecule has 1 heterocycles. The third kappa shape index (κ3) is 2.34. The number of carbonyl (C=O) groups excluding carboxylic acids is 1. The molecule has 0 aromatic heterocycles. The van der Waals surface area contributed by atoms with E-state index in [-0.39, 0.29) is 24.5 Å². The Bertz CT molecular complexity index is 432. The average Bonchev–Trinajstić information content (AvgIpc) is 2.78. The molecule has 1 aromatic carbocycles. The Morgan fingerprint density at radius 3 is 2.89 bits per heavy atom. The standard InChI is InChI=1S/C14H20N2O2/c1-10(2)16(7-8-17)14(18)12-9-15-13-6-4-3-5-11(12)13/h3-6,10,12,15,17H,7-9H2,1-2H3. The van der Waals surface area contributed by atoms with E-state index in [4.69, 9.17) is 5.11 Å². The van der Waals surface area contributed by atoms with Gasteiger partial charge in [0.05, 0.1) is 12.5 Å². The molecule has 0 saturated heterocycles. The molecule has 0 spiro atoms. The number of nitrogens with one attached hydrogen (secondary N) is 1. The predicted octanol–water partition coefficient (Wildman–Crippen LogP) is 1.42. The van der Waals surface area contributed by atoms with Gasteiger partial charge in [-0.3, -0.25) is 4.79 Å². The fraction of sp³-hybridized carbons (Fsp3) is 0.500. The number of para-hydroxylation sites is 1. The molecular weight excluding hydrogens is 228 g/mol. The van der Waals surface area contributed by atoms with Crippen molar-refractivity contribution in [2.45, 2.75) is 25.8 Å². The molecular formula is C14H20N2O2. The van der Waals surface area contributed by atoms with E-state index in [2.05, 4.69) is 5.32 Å². The van der Waals surface area contributed by atoms with Crippen LogP contribution < -0.4 is 5.32 Å². The van der Waals surface area contributed by atoms with E-state index in [1.165, 1.54) is 0 Å². The lowest BCUT2D eigenvalue weighted by atomic mass is 9.99. The van der Waals surface area contributed by atoms with Gasteiger partial charge in [0.2, 0.25) is 5.91 Å². The smallest absolute Gasteiger partial charge is 0.232 e. The van der Waals surface area contributed by atoms with Crippen molar-refractivity contribution in [2.24, 2.45) is 0 Å². The lowest BCUT2D eigenvalue weighted by Crippen LogP contribution is -2.42. The van der Waals surface area contributed by atoms with Crippen molar-refractivity contribution in [3.05, 3.63) is 29.8 Å². The maximum Gasteiger partial charge on any atom is 0.232 e. The van der Waals surface area contributed by atoms with Gasteiger partial charge in [-0.1, -0.05) is 18.2 Å². The Morgan fingerprint density at radius 2 is 2.22 bits per heavy atom. The Kier molecular flexibility index (Phi) is 3.87. The summed E-state index contributed by atoms with van der Waals surface area (Å²) in [7, 11) is 0. The van der Waals surface area contributed by atoms with Gasteiger partial charge in [-0.15, -0.1) is 0 Å². The fourth-order valence-corrected chi connectivity index (χ4v) is 2.43. The summed E-state index contributed by atoms with van der Waals surface area (Å²) in [5.41, 5.74) is 2.11. The van der Waals surface area contributed by atoms with E-state index >= 15 is 0 Å². The van der Waals surface area contributed by atoms with Crippen LogP contribution in [-0.2, 0) is 4.79 Å². The van der Waals surface area contributed by atoms with Crippen LogP contribution in [0.15, 0.2) is 24.3 Å². The highest BCUT2D eigenvalue weighted by atomic mass is 16.3. The second kappa shape index (κ2) is 5.40. The van der Waals surface area contributed by atoms with Gasteiger partial charge in [-0.25, -0.2) is 0 Å². The van der Waals surface area contributed by atoms with Crippen LogP contribution >= 0.6 is 0 Å². The molecule has 2 N–H and O–H groups in total. The molecule has 1 aromatic rings. The number of carbonyl (C=O) groups is 1. The number of amides is 1. The van der Waals surface area contributed by atoms with Crippen LogP contribution in [0.1, 0.15) is 25.3 Å². The minimum Gasteiger partial charge on any atom is -0.395 e. The zero-order chi connectivity index (χ0) is 13.1. The van der Waals surface area contributed by atoms with E-state index in [1.807, 2.05) is 38.1 Å². The monoisotopic (exact) mass is 248 g/mol. The lowest BCUT2D eigenvalue weighted by molar-refractivity contribution is -0.134. The van der Waals surface area contributed by atoms with Crippen molar-refractivity contribution in [3.8, 4) is 0 Å². The topological polar surface area (TPSA) is 52.6 Å². The molecule has 1 atom stereocenters. The van der Waals surface area contributed by atoms with Gasteiger partial charge in [0.1, 0.15) is 0 Å². The number of hydrogen-bond acceptors (Lipinski definition) is 3. The zero-order valence-corrected chi connectivity index (χ0v) is 10.9. The summed E-state index contributed by atoms with van der Waals surface area (Å²) in [4.78, 5) is 14.3. The van der Waals surface area contributed by atoms with E-state index in [1.54, 1.807) is 4.90 Å². The second-order valence-corrected chi connectivity index (χ2v) is 4.87. The van der Waals surface area contributed by atoms with Crippen LogP contribution in [0.4, 0.5) is 5.69 Å². The maximum atomic E-state index is 12.5. The van der Waals surface area contributed by atoms with Crippen molar-refractivity contribution < 1.29 is 9.90 Å². The van der Waals surface area contributed by atoms with Crippen LogP contribution in [0, 0.1) is 0 Å². The van der Waals surface area contributed by atoms with Gasteiger partial charge in [0, 0.05) is 24.8 Å². The van der Waals surface area contributed by atoms with E-state index in [0.717, 1.165) is 11.3 Å². The van der Waals surface area contributed by atoms with Crippen LogP contribution in [0.5, 0.6) is 0 Å². The van der Waals surface area contributed by atoms with Gasteiger partial charge >= 0.3 is 0 Å². The van der Waals surface area contributed by atoms with Gasteiger partial charge < -0.3 is 15.3 Å². The molecule has 0 bridgehead atoms. The van der Waals surface area contributed by atoms with Crippen molar-refractivity contribution in [1.82, 2.24) is 4.90 Å². The predicted molar refractivity (Wildman–Crippen MR) is 71.6 cm³/mol. The Balaban J connectivity index is 2.20. The van der Waals surface area contributed by atoms with Crippen LogP contribution in [0.3, 0.4) is 0 Å². The molecule has 0 aliphatic carbocycles. The van der Waals surface area contributed by atoms with E-state index in [0.29, 0.717) is 13.1 Å². The highest BCUT2D eigenvalue weighted by molar-refractivity contribution is 5.88. The molecule has 18 heavy (non-hydrogen) atoms. The molecule has 98 valence electrons. The summed E-state index contributed by atoms with van der Waals surface area (Å²) in [6.07, 6.45) is 0. The first-order valence-corrected chi connectivity index (χ1v) is 6.39. The van der Waals surface area contributed by atoms with Crippen molar-refractivity contribution in [1.29, 1.82) is 0 Å². The highest BCUT2D eigenvalue weighted by Crippen LogP contribution is 2.32. The van der Waals surface area contributed by atoms with Crippen LogP contribution in [0.25, 0.3) is 0 Å². The van der Waals surface area contributed by atoms with Crippen LogP contribution in [-0.4, -0.2) is 41.7 Å². The number of fused-ring (bicyclic) bond motifs is 1. The Labute approximate surface area is 108 Å². The fourth-order valence-electron chi connectivity index (χ4n) is 2.43. The number of aliphatic hydroxyl groups excluding tert-OH is 1. The minimum absolute atomic E-state index is 0.00567. The minimum atomic E-state index is -0.129.